The molecule has 1 heterocycles. The van der Waals surface area contributed by atoms with Gasteiger partial charge in [-0.3, -0.25) is 9.13 Å². The first-order valence-electron chi connectivity index (χ1n) is 8.88. The Labute approximate surface area is 154 Å². The second-order valence-corrected chi connectivity index (χ2v) is 7.02. The van der Waals surface area contributed by atoms with Crippen LogP contribution < -0.4 is 10.4 Å². The molecule has 26 heavy (non-hydrogen) atoms. The number of nitrogens with zero attached hydrogens (tertiary/aromatic N) is 2. The van der Waals surface area contributed by atoms with Crippen LogP contribution >= 0.6 is 0 Å². The van der Waals surface area contributed by atoms with Crippen LogP contribution in [0.5, 0.6) is 5.75 Å². The Morgan fingerprint density at radius 1 is 0.962 bits per heavy atom. The minimum absolute atomic E-state index is 0.0683. The lowest BCUT2D eigenvalue weighted by Crippen LogP contribution is -2.25. The molecule has 3 rings (SSSR count). The number of hydrogen-bond acceptors (Lipinski definition) is 2. The number of hydrogen-bond donors (Lipinski definition) is 0. The largest absolute Gasteiger partial charge is 0.492 e. The van der Waals surface area contributed by atoms with E-state index in [-0.39, 0.29) is 5.69 Å². The van der Waals surface area contributed by atoms with E-state index in [0.29, 0.717) is 13.2 Å². The summed E-state index contributed by atoms with van der Waals surface area (Å²) in [6.45, 7) is 15.0. The molecular weight excluding hydrogens is 324 g/mol. The maximum absolute atomic E-state index is 12.9. The standard InChI is InChI=1S/C22H26N2O2/c1-14(2)24-21-13-18(6)17(5)12-20(21)23(22(24)25)9-10-26-19-8-7-15(3)16(4)11-19/h7-8,11-13H,1,9-10H2,2-6H3. The molecule has 4 nitrogen and oxygen atoms in total. The molecule has 0 saturated carbocycles. The van der Waals surface area contributed by atoms with Crippen LogP contribution in [0.2, 0.25) is 0 Å². The maximum atomic E-state index is 12.9. The molecule has 0 N–H and O–H groups in total. The molecule has 136 valence electrons. The Kier molecular flexibility index (Phi) is 4.77. The third kappa shape index (κ3) is 3.19. The van der Waals surface area contributed by atoms with Crippen LogP contribution in [0.4, 0.5) is 0 Å². The smallest absolute Gasteiger partial charge is 0.333 e. The van der Waals surface area contributed by atoms with Gasteiger partial charge in [-0.25, -0.2) is 4.79 Å². The van der Waals surface area contributed by atoms with Crippen molar-refractivity contribution < 1.29 is 4.74 Å². The van der Waals surface area contributed by atoms with Gasteiger partial charge in [-0.05, 0) is 81.1 Å². The number of aryl methyl sites for hydroxylation is 4. The summed E-state index contributed by atoms with van der Waals surface area (Å²) in [6, 6.07) is 10.2. The third-order valence-electron chi connectivity index (χ3n) is 4.99. The van der Waals surface area contributed by atoms with Gasteiger partial charge >= 0.3 is 5.69 Å². The van der Waals surface area contributed by atoms with E-state index in [9.17, 15) is 4.79 Å². The molecule has 4 heteroatoms. The number of rotatable bonds is 5. The van der Waals surface area contributed by atoms with Crippen LogP contribution in [0, 0.1) is 27.7 Å². The summed E-state index contributed by atoms with van der Waals surface area (Å²) in [5.41, 5.74) is 7.24. The van der Waals surface area contributed by atoms with Crippen LogP contribution in [0.3, 0.4) is 0 Å². The first-order chi connectivity index (χ1) is 12.3. The van der Waals surface area contributed by atoms with Gasteiger partial charge in [0.15, 0.2) is 0 Å². The lowest BCUT2D eigenvalue weighted by molar-refractivity contribution is 0.298. The summed E-state index contributed by atoms with van der Waals surface area (Å²) in [6.07, 6.45) is 0. The molecule has 0 aliphatic heterocycles. The zero-order valence-electron chi connectivity index (χ0n) is 16.2. The zero-order chi connectivity index (χ0) is 19.0. The van der Waals surface area contributed by atoms with Crippen molar-refractivity contribution in [1.29, 1.82) is 0 Å². The summed E-state index contributed by atoms with van der Waals surface area (Å²) in [5, 5.41) is 0. The second-order valence-electron chi connectivity index (χ2n) is 7.02. The second kappa shape index (κ2) is 6.87. The predicted molar refractivity (Wildman–Crippen MR) is 108 cm³/mol. The lowest BCUT2D eigenvalue weighted by atomic mass is 10.1. The van der Waals surface area contributed by atoms with E-state index in [4.69, 9.17) is 4.74 Å². The van der Waals surface area contributed by atoms with E-state index in [1.54, 1.807) is 9.13 Å². The van der Waals surface area contributed by atoms with E-state index in [1.165, 1.54) is 16.7 Å². The van der Waals surface area contributed by atoms with Crippen molar-refractivity contribution in [3.63, 3.8) is 0 Å². The molecule has 0 spiro atoms. The topological polar surface area (TPSA) is 36.2 Å². The van der Waals surface area contributed by atoms with Crippen molar-refractivity contribution in [2.24, 2.45) is 0 Å². The summed E-state index contributed by atoms with van der Waals surface area (Å²) in [4.78, 5) is 12.9. The summed E-state index contributed by atoms with van der Waals surface area (Å²) in [7, 11) is 0. The first kappa shape index (κ1) is 18.1. The quantitative estimate of drug-likeness (QED) is 0.674. The van der Waals surface area contributed by atoms with Gasteiger partial charge in [0.2, 0.25) is 0 Å². The number of imidazole rings is 1. The van der Waals surface area contributed by atoms with E-state index in [1.807, 2.05) is 19.1 Å². The molecule has 1 aromatic heterocycles. The average molecular weight is 350 g/mol. The molecule has 0 fully saturated rings. The van der Waals surface area contributed by atoms with Gasteiger partial charge in [0.25, 0.3) is 0 Å². The SMILES string of the molecule is C=C(C)n1c(=O)n(CCOc2ccc(C)c(C)c2)c2cc(C)c(C)cc21. The van der Waals surface area contributed by atoms with Crippen LogP contribution in [0.25, 0.3) is 16.7 Å². The first-order valence-corrected chi connectivity index (χ1v) is 8.88. The van der Waals surface area contributed by atoms with Gasteiger partial charge < -0.3 is 4.74 Å². The Bertz CT molecular complexity index is 1050. The highest BCUT2D eigenvalue weighted by molar-refractivity contribution is 5.81. The minimum atomic E-state index is -0.0683. The number of benzene rings is 2. The Hall–Kier alpha value is -2.75. The predicted octanol–water partition coefficient (Wildman–Crippen LogP) is 4.61. The number of aromatic nitrogens is 2. The summed E-state index contributed by atoms with van der Waals surface area (Å²) in [5.74, 6) is 0.830. The Balaban J connectivity index is 1.93. The van der Waals surface area contributed by atoms with E-state index >= 15 is 0 Å². The maximum Gasteiger partial charge on any atom is 0.333 e. The fraction of sp³-hybridized carbons (Fsp3) is 0.318. The molecule has 0 atom stereocenters. The van der Waals surface area contributed by atoms with Crippen molar-refractivity contribution in [3.8, 4) is 5.75 Å². The van der Waals surface area contributed by atoms with Crippen molar-refractivity contribution in [2.45, 2.75) is 41.2 Å². The molecular formula is C22H26N2O2. The van der Waals surface area contributed by atoms with Crippen LogP contribution in [-0.4, -0.2) is 15.7 Å². The molecule has 2 aromatic carbocycles. The van der Waals surface area contributed by atoms with Crippen LogP contribution in [-0.2, 0) is 6.54 Å². The Morgan fingerprint density at radius 3 is 2.19 bits per heavy atom. The van der Waals surface area contributed by atoms with Gasteiger partial charge in [-0.1, -0.05) is 12.6 Å². The van der Waals surface area contributed by atoms with Crippen molar-refractivity contribution in [2.75, 3.05) is 6.61 Å². The highest BCUT2D eigenvalue weighted by Gasteiger charge is 2.15. The molecule has 0 amide bonds. The van der Waals surface area contributed by atoms with Gasteiger partial charge in [0.05, 0.1) is 17.6 Å². The van der Waals surface area contributed by atoms with Gasteiger partial charge in [-0.15, -0.1) is 0 Å². The highest BCUT2D eigenvalue weighted by atomic mass is 16.5. The van der Waals surface area contributed by atoms with Crippen LogP contribution in [0.15, 0.2) is 41.7 Å². The molecule has 0 bridgehead atoms. The van der Waals surface area contributed by atoms with E-state index < -0.39 is 0 Å². The monoisotopic (exact) mass is 350 g/mol. The van der Waals surface area contributed by atoms with Gasteiger partial charge in [-0.2, -0.15) is 0 Å². The summed E-state index contributed by atoms with van der Waals surface area (Å²) >= 11 is 0. The number of fused-ring (bicyclic) bond motifs is 1. The van der Waals surface area contributed by atoms with Crippen molar-refractivity contribution in [3.05, 3.63) is 69.6 Å². The zero-order valence-corrected chi connectivity index (χ0v) is 16.2. The molecule has 0 saturated heterocycles. The third-order valence-corrected chi connectivity index (χ3v) is 4.99. The molecule has 3 aromatic rings. The van der Waals surface area contributed by atoms with Gasteiger partial charge in [0, 0.05) is 5.70 Å². The van der Waals surface area contributed by atoms with E-state index in [2.05, 4.69) is 52.5 Å². The summed E-state index contributed by atoms with van der Waals surface area (Å²) < 4.78 is 9.34. The fourth-order valence-corrected chi connectivity index (χ4v) is 3.15. The molecule has 0 radical (unpaired) electrons. The van der Waals surface area contributed by atoms with Crippen molar-refractivity contribution >= 4 is 16.7 Å². The molecule has 0 aliphatic carbocycles. The number of ether oxygens (including phenoxy) is 1. The fourth-order valence-electron chi connectivity index (χ4n) is 3.15. The minimum Gasteiger partial charge on any atom is -0.492 e. The lowest BCUT2D eigenvalue weighted by Gasteiger charge is -2.09. The van der Waals surface area contributed by atoms with Crippen LogP contribution in [0.1, 0.15) is 29.2 Å². The van der Waals surface area contributed by atoms with Crippen molar-refractivity contribution in [1.82, 2.24) is 9.13 Å². The molecule has 0 aliphatic rings. The molecule has 0 unspecified atom stereocenters. The van der Waals surface area contributed by atoms with Gasteiger partial charge in [0.1, 0.15) is 12.4 Å². The highest BCUT2D eigenvalue weighted by Crippen LogP contribution is 2.21. The van der Waals surface area contributed by atoms with E-state index in [0.717, 1.165) is 28.0 Å². The normalized spacial score (nSPS) is 11.1. The Morgan fingerprint density at radius 2 is 1.58 bits per heavy atom. The average Bonchev–Trinajstić information content (AvgIpc) is 2.83. The number of allylic oxidation sites excluding steroid dienone is 1.